The van der Waals surface area contributed by atoms with Crippen molar-refractivity contribution in [3.63, 3.8) is 0 Å². The Morgan fingerprint density at radius 3 is 2.35 bits per heavy atom. The van der Waals surface area contributed by atoms with Crippen molar-refractivity contribution in [2.45, 2.75) is 19.0 Å². The van der Waals surface area contributed by atoms with Crippen molar-refractivity contribution >= 4 is 23.5 Å². The van der Waals surface area contributed by atoms with Crippen molar-refractivity contribution in [2.75, 3.05) is 6.61 Å². The van der Waals surface area contributed by atoms with E-state index in [-0.39, 0.29) is 11.3 Å². The van der Waals surface area contributed by atoms with Gasteiger partial charge < -0.3 is 20.9 Å². The molecule has 124 valence electrons. The fourth-order valence-electron chi connectivity index (χ4n) is 1.44. The molecule has 0 unspecified atom stereocenters. The zero-order valence-electron chi connectivity index (χ0n) is 12.1. The Bertz CT molecular complexity index is 612. The first-order chi connectivity index (χ1) is 10.7. The SMILES string of the molecule is C[C@H](N)C(=O)N[C@@H](COC(=O)c1ccc([N+](=O)[O-])cc1)C(=O)O. The third kappa shape index (κ3) is 5.36. The van der Waals surface area contributed by atoms with Crippen LogP contribution in [0.3, 0.4) is 0 Å². The second kappa shape index (κ2) is 7.84. The molecule has 0 fully saturated rings. The summed E-state index contributed by atoms with van der Waals surface area (Å²) in [6, 6.07) is 2.22. The molecule has 0 aliphatic heterocycles. The number of carbonyl (C=O) groups excluding carboxylic acids is 2. The molecule has 0 spiro atoms. The summed E-state index contributed by atoms with van der Waals surface area (Å²) >= 11 is 0. The number of carboxylic acid groups (broad SMARTS) is 1. The quantitative estimate of drug-likeness (QED) is 0.348. The van der Waals surface area contributed by atoms with Crippen LogP contribution in [0.2, 0.25) is 0 Å². The molecule has 0 aliphatic rings. The van der Waals surface area contributed by atoms with Gasteiger partial charge in [0.25, 0.3) is 5.69 Å². The van der Waals surface area contributed by atoms with Gasteiger partial charge in [-0.25, -0.2) is 9.59 Å². The Morgan fingerprint density at radius 2 is 1.91 bits per heavy atom. The smallest absolute Gasteiger partial charge is 0.338 e. The topological polar surface area (TPSA) is 162 Å². The summed E-state index contributed by atoms with van der Waals surface area (Å²) in [5.41, 5.74) is 5.11. The minimum absolute atomic E-state index is 0.0123. The predicted octanol–water partition coefficient (Wildman–Crippen LogP) is -0.332. The maximum Gasteiger partial charge on any atom is 0.338 e. The number of nitrogens with one attached hydrogen (secondary N) is 1. The van der Waals surface area contributed by atoms with Crippen molar-refractivity contribution in [1.82, 2.24) is 5.32 Å². The van der Waals surface area contributed by atoms with E-state index in [0.29, 0.717) is 0 Å². The number of nitro benzene ring substituents is 1. The minimum Gasteiger partial charge on any atom is -0.480 e. The van der Waals surface area contributed by atoms with Crippen LogP contribution in [0.15, 0.2) is 24.3 Å². The molecule has 1 amide bonds. The molecule has 1 aromatic carbocycles. The lowest BCUT2D eigenvalue weighted by Gasteiger charge is -2.16. The van der Waals surface area contributed by atoms with E-state index in [1.807, 2.05) is 0 Å². The number of carboxylic acids is 1. The first kappa shape index (κ1) is 18.0. The first-order valence-corrected chi connectivity index (χ1v) is 6.42. The number of nitrogens with two attached hydrogens (primary N) is 1. The molecule has 1 rings (SSSR count). The van der Waals surface area contributed by atoms with Crippen molar-refractivity contribution in [3.05, 3.63) is 39.9 Å². The molecule has 0 saturated heterocycles. The van der Waals surface area contributed by atoms with Crippen LogP contribution in [0.5, 0.6) is 0 Å². The molecule has 0 heterocycles. The highest BCUT2D eigenvalue weighted by atomic mass is 16.6. The van der Waals surface area contributed by atoms with Gasteiger partial charge in [0.15, 0.2) is 6.04 Å². The Kier molecular flexibility index (Phi) is 6.15. The van der Waals surface area contributed by atoms with Gasteiger partial charge in [-0.15, -0.1) is 0 Å². The molecule has 2 atom stereocenters. The Morgan fingerprint density at radius 1 is 1.35 bits per heavy atom. The molecular weight excluding hydrogens is 310 g/mol. The molecular formula is C13H15N3O7. The van der Waals surface area contributed by atoms with Crippen LogP contribution in [0.1, 0.15) is 17.3 Å². The normalized spacial score (nSPS) is 12.8. The monoisotopic (exact) mass is 325 g/mol. The number of non-ortho nitro benzene ring substituents is 1. The fourth-order valence-corrected chi connectivity index (χ4v) is 1.44. The number of ether oxygens (including phenoxy) is 1. The molecule has 23 heavy (non-hydrogen) atoms. The van der Waals surface area contributed by atoms with Crippen LogP contribution < -0.4 is 11.1 Å². The summed E-state index contributed by atoms with van der Waals surface area (Å²) in [5.74, 6) is -2.97. The Balaban J connectivity index is 2.66. The van der Waals surface area contributed by atoms with Crippen LogP contribution in [-0.4, -0.2) is 46.6 Å². The lowest BCUT2D eigenvalue weighted by molar-refractivity contribution is -0.384. The van der Waals surface area contributed by atoms with E-state index in [0.717, 1.165) is 12.1 Å². The van der Waals surface area contributed by atoms with Crippen molar-refractivity contribution in [3.8, 4) is 0 Å². The number of nitro groups is 1. The van der Waals surface area contributed by atoms with Crippen LogP contribution in [-0.2, 0) is 14.3 Å². The van der Waals surface area contributed by atoms with Gasteiger partial charge in [0.1, 0.15) is 6.61 Å². The van der Waals surface area contributed by atoms with Crippen molar-refractivity contribution < 1.29 is 29.2 Å². The number of nitrogens with zero attached hydrogens (tertiary/aromatic N) is 1. The van der Waals surface area contributed by atoms with Gasteiger partial charge in [-0.1, -0.05) is 0 Å². The average Bonchev–Trinajstić information content (AvgIpc) is 2.50. The number of hydrogen-bond acceptors (Lipinski definition) is 7. The van der Waals surface area contributed by atoms with E-state index < -0.39 is 41.5 Å². The van der Waals surface area contributed by atoms with E-state index in [1.54, 1.807) is 0 Å². The molecule has 4 N–H and O–H groups in total. The standard InChI is InChI=1S/C13H15N3O7/c1-7(14)11(17)15-10(12(18)19)6-23-13(20)8-2-4-9(5-3-8)16(21)22/h2-5,7,10H,6,14H2,1H3,(H,15,17)(H,18,19)/t7-,10-/m0/s1. The zero-order valence-corrected chi connectivity index (χ0v) is 12.1. The number of carbonyl (C=O) groups is 3. The van der Waals surface area contributed by atoms with Gasteiger partial charge in [-0.2, -0.15) is 0 Å². The molecule has 1 aromatic rings. The van der Waals surface area contributed by atoms with Crippen LogP contribution >= 0.6 is 0 Å². The summed E-state index contributed by atoms with van der Waals surface area (Å²) in [6.45, 7) is 0.765. The Labute approximate surface area is 130 Å². The van der Waals surface area contributed by atoms with Gasteiger partial charge in [-0.3, -0.25) is 14.9 Å². The van der Waals surface area contributed by atoms with Gasteiger partial charge in [-0.05, 0) is 19.1 Å². The molecule has 0 aromatic heterocycles. The summed E-state index contributed by atoms with van der Waals surface area (Å²) in [6.07, 6.45) is 0. The molecule has 10 nitrogen and oxygen atoms in total. The van der Waals surface area contributed by atoms with Crippen molar-refractivity contribution in [1.29, 1.82) is 0 Å². The number of amides is 1. The van der Waals surface area contributed by atoms with Crippen molar-refractivity contribution in [2.24, 2.45) is 5.73 Å². The number of rotatable bonds is 7. The largest absolute Gasteiger partial charge is 0.480 e. The second-order valence-electron chi connectivity index (χ2n) is 4.59. The van der Waals surface area contributed by atoms with Gasteiger partial charge in [0.2, 0.25) is 5.91 Å². The summed E-state index contributed by atoms with van der Waals surface area (Å²) in [4.78, 5) is 44.0. The van der Waals surface area contributed by atoms with E-state index >= 15 is 0 Å². The second-order valence-corrected chi connectivity index (χ2v) is 4.59. The third-order valence-corrected chi connectivity index (χ3v) is 2.72. The highest BCUT2D eigenvalue weighted by Gasteiger charge is 2.23. The lowest BCUT2D eigenvalue weighted by Crippen LogP contribution is -2.49. The first-order valence-electron chi connectivity index (χ1n) is 6.42. The zero-order chi connectivity index (χ0) is 17.6. The molecule has 0 bridgehead atoms. The maximum absolute atomic E-state index is 11.8. The number of hydrogen-bond donors (Lipinski definition) is 3. The summed E-state index contributed by atoms with van der Waals surface area (Å²) in [5, 5.41) is 21.6. The number of aliphatic carboxylic acids is 1. The highest BCUT2D eigenvalue weighted by molar-refractivity contribution is 5.90. The van der Waals surface area contributed by atoms with Crippen LogP contribution in [0.25, 0.3) is 0 Å². The maximum atomic E-state index is 11.8. The average molecular weight is 325 g/mol. The van der Waals surface area contributed by atoms with E-state index in [4.69, 9.17) is 15.6 Å². The van der Waals surface area contributed by atoms with E-state index in [1.165, 1.54) is 19.1 Å². The summed E-state index contributed by atoms with van der Waals surface area (Å²) < 4.78 is 4.79. The third-order valence-electron chi connectivity index (χ3n) is 2.72. The number of esters is 1. The van der Waals surface area contributed by atoms with E-state index in [2.05, 4.69) is 5.32 Å². The molecule has 0 radical (unpaired) electrons. The van der Waals surface area contributed by atoms with E-state index in [9.17, 15) is 24.5 Å². The van der Waals surface area contributed by atoms with Crippen LogP contribution in [0, 0.1) is 10.1 Å². The van der Waals surface area contributed by atoms with Gasteiger partial charge in [0, 0.05) is 12.1 Å². The van der Waals surface area contributed by atoms with Crippen LogP contribution in [0.4, 0.5) is 5.69 Å². The molecule has 0 aliphatic carbocycles. The predicted molar refractivity (Wildman–Crippen MR) is 76.6 cm³/mol. The fraction of sp³-hybridized carbons (Fsp3) is 0.308. The Hall–Kier alpha value is -3.01. The van der Waals surface area contributed by atoms with Gasteiger partial charge >= 0.3 is 11.9 Å². The lowest BCUT2D eigenvalue weighted by atomic mass is 10.2. The highest BCUT2D eigenvalue weighted by Crippen LogP contribution is 2.12. The number of benzene rings is 1. The molecule has 0 saturated carbocycles. The molecule has 10 heteroatoms. The summed E-state index contributed by atoms with van der Waals surface area (Å²) in [7, 11) is 0. The van der Waals surface area contributed by atoms with Gasteiger partial charge in [0.05, 0.1) is 16.5 Å². The minimum atomic E-state index is -1.45.